The first kappa shape index (κ1) is 21.1. The molecular weight excluding hydrogens is 366 g/mol. The van der Waals surface area contributed by atoms with Crippen molar-refractivity contribution in [3.63, 3.8) is 0 Å². The molecular formula is C24H29NO4. The zero-order valence-electron chi connectivity index (χ0n) is 17.5. The molecule has 5 nitrogen and oxygen atoms in total. The second kappa shape index (κ2) is 8.37. The third kappa shape index (κ3) is 5.04. The predicted molar refractivity (Wildman–Crippen MR) is 111 cm³/mol. The van der Waals surface area contributed by atoms with Crippen LogP contribution in [0.4, 0.5) is 0 Å². The van der Waals surface area contributed by atoms with Crippen LogP contribution in [0.1, 0.15) is 51.3 Å². The normalized spacial score (nSPS) is 24.1. The van der Waals surface area contributed by atoms with E-state index in [0.717, 1.165) is 11.1 Å². The molecule has 1 aliphatic heterocycles. The Morgan fingerprint density at radius 3 is 2.21 bits per heavy atom. The van der Waals surface area contributed by atoms with Crippen LogP contribution in [0.2, 0.25) is 0 Å². The number of hydrogen-bond acceptors (Lipinski definition) is 5. The Hall–Kier alpha value is -2.66. The van der Waals surface area contributed by atoms with Crippen molar-refractivity contribution in [2.24, 2.45) is 5.41 Å². The largest absolute Gasteiger partial charge is 0.460 e. The molecule has 1 aliphatic rings. The highest BCUT2D eigenvalue weighted by Gasteiger charge is 2.53. The van der Waals surface area contributed by atoms with Crippen LogP contribution in [0.5, 0.6) is 0 Å². The molecule has 0 radical (unpaired) electrons. The Morgan fingerprint density at radius 1 is 1.03 bits per heavy atom. The molecule has 0 aromatic heterocycles. The Morgan fingerprint density at radius 2 is 1.62 bits per heavy atom. The van der Waals surface area contributed by atoms with E-state index >= 15 is 0 Å². The molecule has 5 heteroatoms. The molecule has 0 bridgehead atoms. The Kier molecular flexibility index (Phi) is 6.08. The Labute approximate surface area is 172 Å². The summed E-state index contributed by atoms with van der Waals surface area (Å²) in [6.45, 7) is 7.56. The Bertz CT molecular complexity index is 844. The first-order valence-corrected chi connectivity index (χ1v) is 9.94. The summed E-state index contributed by atoms with van der Waals surface area (Å²) in [5, 5.41) is 3.32. The van der Waals surface area contributed by atoms with Crippen molar-refractivity contribution in [2.45, 2.75) is 58.4 Å². The first-order chi connectivity index (χ1) is 13.7. The van der Waals surface area contributed by atoms with E-state index in [4.69, 9.17) is 9.47 Å². The van der Waals surface area contributed by atoms with Gasteiger partial charge >= 0.3 is 11.9 Å². The quantitative estimate of drug-likeness (QED) is 0.770. The Balaban J connectivity index is 1.81. The molecule has 3 atom stereocenters. The van der Waals surface area contributed by atoms with E-state index in [2.05, 4.69) is 5.32 Å². The number of ether oxygens (including phenoxy) is 2. The second-order valence-corrected chi connectivity index (χ2v) is 8.78. The van der Waals surface area contributed by atoms with E-state index < -0.39 is 17.1 Å². The summed E-state index contributed by atoms with van der Waals surface area (Å²) in [5.74, 6) is -0.674. The average Bonchev–Trinajstić information content (AvgIpc) is 3.05. The maximum absolute atomic E-state index is 13.2. The van der Waals surface area contributed by atoms with Crippen molar-refractivity contribution in [3.8, 4) is 0 Å². The third-order valence-corrected chi connectivity index (χ3v) is 5.14. The van der Waals surface area contributed by atoms with Gasteiger partial charge in [-0.3, -0.25) is 14.9 Å². The van der Waals surface area contributed by atoms with Gasteiger partial charge in [0.1, 0.15) is 18.2 Å². The van der Waals surface area contributed by atoms with Gasteiger partial charge in [-0.2, -0.15) is 0 Å². The SMILES string of the molecule is CC(C)(C)OC(=O)C1CC(C)(C(=O)OCc2ccccc2)C(c2ccccc2)N1. The summed E-state index contributed by atoms with van der Waals surface area (Å²) in [6, 6.07) is 18.3. The molecule has 0 amide bonds. The smallest absolute Gasteiger partial charge is 0.323 e. The minimum Gasteiger partial charge on any atom is -0.460 e. The maximum Gasteiger partial charge on any atom is 0.323 e. The van der Waals surface area contributed by atoms with Crippen LogP contribution in [0.15, 0.2) is 60.7 Å². The van der Waals surface area contributed by atoms with Gasteiger partial charge in [0, 0.05) is 6.04 Å². The molecule has 1 heterocycles. The maximum atomic E-state index is 13.2. The molecule has 0 aliphatic carbocycles. The van der Waals surface area contributed by atoms with E-state index in [-0.39, 0.29) is 24.6 Å². The van der Waals surface area contributed by atoms with E-state index in [1.165, 1.54) is 0 Å². The fourth-order valence-electron chi connectivity index (χ4n) is 3.71. The highest BCUT2D eigenvalue weighted by Crippen LogP contribution is 2.45. The molecule has 0 spiro atoms. The van der Waals surface area contributed by atoms with Crippen molar-refractivity contribution < 1.29 is 19.1 Å². The number of esters is 2. The van der Waals surface area contributed by atoms with E-state index in [1.807, 2.05) is 88.4 Å². The minimum absolute atomic E-state index is 0.202. The average molecular weight is 395 g/mol. The molecule has 154 valence electrons. The van der Waals surface area contributed by atoms with Gasteiger partial charge < -0.3 is 9.47 Å². The fraction of sp³-hybridized carbons (Fsp3) is 0.417. The summed E-state index contributed by atoms with van der Waals surface area (Å²) in [6.07, 6.45) is 0.315. The van der Waals surface area contributed by atoms with Crippen LogP contribution in [-0.2, 0) is 25.7 Å². The van der Waals surface area contributed by atoms with E-state index in [9.17, 15) is 9.59 Å². The highest BCUT2D eigenvalue weighted by molar-refractivity contribution is 5.83. The van der Waals surface area contributed by atoms with Crippen LogP contribution in [-0.4, -0.2) is 23.6 Å². The topological polar surface area (TPSA) is 64.6 Å². The van der Waals surface area contributed by atoms with Crippen LogP contribution in [0.3, 0.4) is 0 Å². The van der Waals surface area contributed by atoms with Crippen LogP contribution in [0, 0.1) is 5.41 Å². The lowest BCUT2D eigenvalue weighted by atomic mass is 9.78. The molecule has 3 unspecified atom stereocenters. The van der Waals surface area contributed by atoms with E-state index in [0.29, 0.717) is 6.42 Å². The molecule has 29 heavy (non-hydrogen) atoms. The van der Waals surface area contributed by atoms with Crippen molar-refractivity contribution >= 4 is 11.9 Å². The summed E-state index contributed by atoms with van der Waals surface area (Å²) in [4.78, 5) is 25.9. The lowest BCUT2D eigenvalue weighted by Crippen LogP contribution is -2.38. The van der Waals surface area contributed by atoms with Crippen LogP contribution >= 0.6 is 0 Å². The van der Waals surface area contributed by atoms with Gasteiger partial charge in [-0.15, -0.1) is 0 Å². The summed E-state index contributed by atoms with van der Waals surface area (Å²) < 4.78 is 11.2. The molecule has 3 rings (SSSR count). The van der Waals surface area contributed by atoms with Gasteiger partial charge in [0.15, 0.2) is 0 Å². The number of carbonyl (C=O) groups is 2. The summed E-state index contributed by atoms with van der Waals surface area (Å²) in [5.41, 5.74) is 0.388. The predicted octanol–water partition coefficient (Wildman–Crippen LogP) is 4.18. The number of nitrogens with one attached hydrogen (secondary N) is 1. The molecule has 2 aromatic rings. The van der Waals surface area contributed by atoms with Crippen molar-refractivity contribution in [1.29, 1.82) is 0 Å². The van der Waals surface area contributed by atoms with Crippen LogP contribution < -0.4 is 5.32 Å². The monoisotopic (exact) mass is 395 g/mol. The summed E-state index contributed by atoms with van der Waals surface area (Å²) in [7, 11) is 0. The van der Waals surface area contributed by atoms with E-state index in [1.54, 1.807) is 0 Å². The van der Waals surface area contributed by atoms with Gasteiger partial charge in [0.25, 0.3) is 0 Å². The van der Waals surface area contributed by atoms with Gasteiger partial charge in [0.05, 0.1) is 5.41 Å². The number of carbonyl (C=O) groups excluding carboxylic acids is 2. The third-order valence-electron chi connectivity index (χ3n) is 5.14. The van der Waals surface area contributed by atoms with Crippen molar-refractivity contribution in [2.75, 3.05) is 0 Å². The number of rotatable bonds is 5. The van der Waals surface area contributed by atoms with Gasteiger partial charge in [0.2, 0.25) is 0 Å². The van der Waals surface area contributed by atoms with Crippen LogP contribution in [0.25, 0.3) is 0 Å². The molecule has 1 fully saturated rings. The lowest BCUT2D eigenvalue weighted by molar-refractivity contribution is -0.158. The molecule has 1 N–H and O–H groups in total. The highest BCUT2D eigenvalue weighted by atomic mass is 16.6. The van der Waals surface area contributed by atoms with Gasteiger partial charge in [-0.05, 0) is 45.2 Å². The lowest BCUT2D eigenvalue weighted by Gasteiger charge is -2.29. The standard InChI is InChI=1S/C24H29NO4/c1-23(2,3)29-21(26)19-15-24(4,20(25-19)18-13-9-6-10-14-18)22(27)28-16-17-11-7-5-8-12-17/h5-14,19-20,25H,15-16H2,1-4H3. The first-order valence-electron chi connectivity index (χ1n) is 9.94. The second-order valence-electron chi connectivity index (χ2n) is 8.78. The van der Waals surface area contributed by atoms with Gasteiger partial charge in [-0.1, -0.05) is 60.7 Å². The van der Waals surface area contributed by atoms with Crippen molar-refractivity contribution in [1.82, 2.24) is 5.32 Å². The van der Waals surface area contributed by atoms with Crippen molar-refractivity contribution in [3.05, 3.63) is 71.8 Å². The minimum atomic E-state index is -0.891. The molecule has 2 aromatic carbocycles. The van der Waals surface area contributed by atoms with Gasteiger partial charge in [-0.25, -0.2) is 0 Å². The molecule has 1 saturated heterocycles. The number of hydrogen-bond donors (Lipinski definition) is 1. The summed E-state index contributed by atoms with van der Waals surface area (Å²) >= 11 is 0. The fourth-order valence-corrected chi connectivity index (χ4v) is 3.71. The zero-order valence-corrected chi connectivity index (χ0v) is 17.5. The molecule has 0 saturated carbocycles. The zero-order chi connectivity index (χ0) is 21.1. The number of benzene rings is 2.